The Hall–Kier alpha value is -0.930. The van der Waals surface area contributed by atoms with Gasteiger partial charge in [0.2, 0.25) is 0 Å². The summed E-state index contributed by atoms with van der Waals surface area (Å²) < 4.78 is 13.0. The zero-order chi connectivity index (χ0) is 13.3. The molecule has 0 aromatic heterocycles. The first-order chi connectivity index (χ1) is 7.63. The Bertz CT molecular complexity index is 394. The Labute approximate surface area is 103 Å². The van der Waals surface area contributed by atoms with Crippen LogP contribution in [0, 0.1) is 12.7 Å². The third-order valence-electron chi connectivity index (χ3n) is 3.55. The summed E-state index contributed by atoms with van der Waals surface area (Å²) in [6.45, 7) is 9.95. The van der Waals surface area contributed by atoms with Crippen molar-refractivity contribution in [3.63, 3.8) is 0 Å². The predicted molar refractivity (Wildman–Crippen MR) is 68.4 cm³/mol. The van der Waals surface area contributed by atoms with Crippen LogP contribution in [0.25, 0.3) is 0 Å². The molecule has 0 heterocycles. The van der Waals surface area contributed by atoms with Gasteiger partial charge in [-0.05, 0) is 57.9 Å². The van der Waals surface area contributed by atoms with Gasteiger partial charge in [-0.25, -0.2) is 4.39 Å². The summed E-state index contributed by atoms with van der Waals surface area (Å²) in [6, 6.07) is 4.76. The van der Waals surface area contributed by atoms with Gasteiger partial charge in [-0.1, -0.05) is 6.07 Å². The highest BCUT2D eigenvalue weighted by Crippen LogP contribution is 2.21. The second kappa shape index (κ2) is 4.75. The molecular weight excluding hydrogens is 217 g/mol. The van der Waals surface area contributed by atoms with E-state index in [-0.39, 0.29) is 5.82 Å². The quantitative estimate of drug-likeness (QED) is 0.846. The van der Waals surface area contributed by atoms with Crippen LogP contribution in [-0.2, 0) is 6.54 Å². The molecule has 17 heavy (non-hydrogen) atoms. The number of hydrogen-bond acceptors (Lipinski definition) is 2. The van der Waals surface area contributed by atoms with Gasteiger partial charge in [-0.15, -0.1) is 0 Å². The highest BCUT2D eigenvalue weighted by molar-refractivity contribution is 5.26. The van der Waals surface area contributed by atoms with Crippen LogP contribution in [0.15, 0.2) is 18.2 Å². The molecule has 2 nitrogen and oxygen atoms in total. The van der Waals surface area contributed by atoms with Crippen LogP contribution in [-0.4, -0.2) is 16.2 Å². The van der Waals surface area contributed by atoms with E-state index in [9.17, 15) is 9.50 Å². The molecule has 0 fully saturated rings. The molecule has 1 rings (SSSR count). The number of benzene rings is 1. The molecule has 0 radical (unpaired) electrons. The number of hydrogen-bond donors (Lipinski definition) is 2. The van der Waals surface area contributed by atoms with Gasteiger partial charge in [0.25, 0.3) is 0 Å². The first kappa shape index (κ1) is 14.1. The second-order valence-electron chi connectivity index (χ2n) is 5.61. The van der Waals surface area contributed by atoms with Crippen molar-refractivity contribution in [2.45, 2.75) is 52.3 Å². The lowest BCUT2D eigenvalue weighted by atomic mass is 9.86. The Morgan fingerprint density at radius 1 is 1.24 bits per heavy atom. The molecule has 0 unspecified atom stereocenters. The Kier molecular flexibility index (Phi) is 3.95. The van der Waals surface area contributed by atoms with Crippen molar-refractivity contribution in [2.24, 2.45) is 0 Å². The molecule has 0 saturated heterocycles. The maximum absolute atomic E-state index is 13.0. The van der Waals surface area contributed by atoms with Crippen molar-refractivity contribution >= 4 is 0 Å². The normalized spacial score (nSPS) is 12.9. The number of rotatable bonds is 4. The molecule has 3 heteroatoms. The topological polar surface area (TPSA) is 32.3 Å². The third-order valence-corrected chi connectivity index (χ3v) is 3.55. The minimum Gasteiger partial charge on any atom is -0.389 e. The first-order valence-corrected chi connectivity index (χ1v) is 5.86. The number of nitrogens with one attached hydrogen (secondary N) is 1. The van der Waals surface area contributed by atoms with Gasteiger partial charge in [-0.2, -0.15) is 0 Å². The van der Waals surface area contributed by atoms with Crippen LogP contribution in [0.3, 0.4) is 0 Å². The summed E-state index contributed by atoms with van der Waals surface area (Å²) in [6.07, 6.45) is 0. The standard InChI is InChI=1S/C14H22FNO/c1-10-8-12(15)7-6-11(10)9-16-13(2,3)14(4,5)17/h6-8,16-17H,9H2,1-5H3. The largest absolute Gasteiger partial charge is 0.389 e. The molecule has 0 bridgehead atoms. The van der Waals surface area contributed by atoms with E-state index in [1.165, 1.54) is 12.1 Å². The smallest absolute Gasteiger partial charge is 0.123 e. The molecule has 0 saturated carbocycles. The van der Waals surface area contributed by atoms with Crippen molar-refractivity contribution < 1.29 is 9.50 Å². The fourth-order valence-corrected chi connectivity index (χ4v) is 1.39. The van der Waals surface area contributed by atoms with Crippen LogP contribution in [0.5, 0.6) is 0 Å². The molecule has 0 aliphatic carbocycles. The average Bonchev–Trinajstić information content (AvgIpc) is 2.14. The third kappa shape index (κ3) is 3.51. The van der Waals surface area contributed by atoms with Crippen molar-refractivity contribution in [1.29, 1.82) is 0 Å². The highest BCUT2D eigenvalue weighted by atomic mass is 19.1. The van der Waals surface area contributed by atoms with Crippen LogP contribution >= 0.6 is 0 Å². The lowest BCUT2D eigenvalue weighted by Crippen LogP contribution is -2.55. The number of halogens is 1. The summed E-state index contributed by atoms with van der Waals surface area (Å²) >= 11 is 0. The summed E-state index contributed by atoms with van der Waals surface area (Å²) in [7, 11) is 0. The predicted octanol–water partition coefficient (Wildman–Crippen LogP) is 2.77. The van der Waals surface area contributed by atoms with Crippen molar-refractivity contribution in [2.75, 3.05) is 0 Å². The maximum Gasteiger partial charge on any atom is 0.123 e. The van der Waals surface area contributed by atoms with Gasteiger partial charge in [-0.3, -0.25) is 0 Å². The number of aryl methyl sites for hydroxylation is 1. The first-order valence-electron chi connectivity index (χ1n) is 5.86. The Morgan fingerprint density at radius 3 is 2.29 bits per heavy atom. The van der Waals surface area contributed by atoms with E-state index in [1.807, 2.05) is 20.8 Å². The van der Waals surface area contributed by atoms with Gasteiger partial charge in [0.15, 0.2) is 0 Å². The van der Waals surface area contributed by atoms with Gasteiger partial charge < -0.3 is 10.4 Å². The molecule has 0 aliphatic rings. The van der Waals surface area contributed by atoms with E-state index in [1.54, 1.807) is 19.9 Å². The lowest BCUT2D eigenvalue weighted by Gasteiger charge is -2.38. The fraction of sp³-hybridized carbons (Fsp3) is 0.571. The molecule has 0 amide bonds. The van der Waals surface area contributed by atoms with E-state index in [2.05, 4.69) is 5.32 Å². The second-order valence-corrected chi connectivity index (χ2v) is 5.61. The van der Waals surface area contributed by atoms with Gasteiger partial charge in [0.05, 0.1) is 5.60 Å². The fourth-order valence-electron chi connectivity index (χ4n) is 1.39. The van der Waals surface area contributed by atoms with Gasteiger partial charge in [0, 0.05) is 12.1 Å². The minimum atomic E-state index is -0.819. The maximum atomic E-state index is 13.0. The summed E-state index contributed by atoms with van der Waals surface area (Å²) in [5, 5.41) is 13.3. The summed E-state index contributed by atoms with van der Waals surface area (Å²) in [5.74, 6) is -0.215. The Balaban J connectivity index is 2.74. The van der Waals surface area contributed by atoms with E-state index in [0.717, 1.165) is 11.1 Å². The SMILES string of the molecule is Cc1cc(F)ccc1CNC(C)(C)C(C)(C)O. The molecule has 96 valence electrons. The molecule has 0 spiro atoms. The van der Waals surface area contributed by atoms with Crippen LogP contribution in [0.4, 0.5) is 4.39 Å². The van der Waals surface area contributed by atoms with Crippen LogP contribution in [0.2, 0.25) is 0 Å². The van der Waals surface area contributed by atoms with Gasteiger partial charge >= 0.3 is 0 Å². The van der Waals surface area contributed by atoms with E-state index < -0.39 is 11.1 Å². The molecule has 1 aromatic carbocycles. The minimum absolute atomic E-state index is 0.215. The molecule has 1 aromatic rings. The van der Waals surface area contributed by atoms with E-state index in [4.69, 9.17) is 0 Å². The lowest BCUT2D eigenvalue weighted by molar-refractivity contribution is -0.00534. The van der Waals surface area contributed by atoms with E-state index in [0.29, 0.717) is 6.54 Å². The van der Waals surface area contributed by atoms with Crippen molar-refractivity contribution in [1.82, 2.24) is 5.32 Å². The summed E-state index contributed by atoms with van der Waals surface area (Å²) in [4.78, 5) is 0. The monoisotopic (exact) mass is 239 g/mol. The molecule has 2 N–H and O–H groups in total. The van der Waals surface area contributed by atoms with Crippen LogP contribution in [0.1, 0.15) is 38.8 Å². The molecule has 0 atom stereocenters. The van der Waals surface area contributed by atoms with Gasteiger partial charge in [0.1, 0.15) is 5.82 Å². The van der Waals surface area contributed by atoms with Crippen molar-refractivity contribution in [3.8, 4) is 0 Å². The average molecular weight is 239 g/mol. The zero-order valence-electron chi connectivity index (χ0n) is 11.3. The van der Waals surface area contributed by atoms with Crippen molar-refractivity contribution in [3.05, 3.63) is 35.1 Å². The molecule has 0 aliphatic heterocycles. The molecular formula is C14H22FNO. The number of aliphatic hydroxyl groups is 1. The highest BCUT2D eigenvalue weighted by Gasteiger charge is 2.34. The summed E-state index contributed by atoms with van der Waals surface area (Å²) in [5.41, 5.74) is 0.738. The Morgan fingerprint density at radius 2 is 1.82 bits per heavy atom. The zero-order valence-corrected chi connectivity index (χ0v) is 11.3. The van der Waals surface area contributed by atoms with E-state index >= 15 is 0 Å². The van der Waals surface area contributed by atoms with Crippen LogP contribution < -0.4 is 5.32 Å².